The van der Waals surface area contributed by atoms with E-state index in [-0.39, 0.29) is 6.61 Å². The van der Waals surface area contributed by atoms with Gasteiger partial charge in [0.25, 0.3) is 0 Å². The summed E-state index contributed by atoms with van der Waals surface area (Å²) in [6.45, 7) is 8.61. The van der Waals surface area contributed by atoms with Crippen molar-refractivity contribution in [3.63, 3.8) is 0 Å². The molecule has 0 aliphatic rings. The normalized spacial score (nSPS) is 13.5. The second-order valence-corrected chi connectivity index (χ2v) is 14.2. The third-order valence-corrected chi connectivity index (χ3v) is 8.81. The molecule has 256 valence electrons. The summed E-state index contributed by atoms with van der Waals surface area (Å²) in [6, 6.07) is 0. The molecule has 8 nitrogen and oxygen atoms in total. The van der Waals surface area contributed by atoms with Gasteiger partial charge >= 0.3 is 20.8 Å². The molecule has 0 heterocycles. The van der Waals surface area contributed by atoms with Crippen LogP contribution in [0, 0.1) is 5.92 Å². The van der Waals surface area contributed by atoms with Crippen LogP contribution in [0.25, 0.3) is 0 Å². The van der Waals surface area contributed by atoms with Crippen LogP contribution in [0.15, 0.2) is 0 Å². The minimum Gasteiger partial charge on any atom is -0.264 e. The van der Waals surface area contributed by atoms with Crippen LogP contribution in [0.5, 0.6) is 0 Å². The highest BCUT2D eigenvalue weighted by Gasteiger charge is 2.11. The van der Waals surface area contributed by atoms with Crippen molar-refractivity contribution in [3.05, 3.63) is 0 Å². The molecular formula is C32H68O8S2. The van der Waals surface area contributed by atoms with Crippen molar-refractivity contribution in [2.75, 3.05) is 6.61 Å². The van der Waals surface area contributed by atoms with Crippen molar-refractivity contribution in [1.82, 2.24) is 0 Å². The Morgan fingerprint density at radius 1 is 0.500 bits per heavy atom. The highest BCUT2D eigenvalue weighted by molar-refractivity contribution is 7.81. The first-order chi connectivity index (χ1) is 19.9. The fraction of sp³-hybridized carbons (Fsp3) is 1.00. The lowest BCUT2D eigenvalue weighted by molar-refractivity contribution is 0.185. The van der Waals surface area contributed by atoms with Crippen LogP contribution < -0.4 is 0 Å². The van der Waals surface area contributed by atoms with Gasteiger partial charge in [0.1, 0.15) is 0 Å². The lowest BCUT2D eigenvalue weighted by Crippen LogP contribution is -2.14. The Bertz CT molecular complexity index is 756. The Hall–Kier alpha value is -0.260. The van der Waals surface area contributed by atoms with E-state index in [1.54, 1.807) is 6.92 Å². The molecular weight excluding hydrogens is 576 g/mol. The Kier molecular flexibility index (Phi) is 32.1. The Labute approximate surface area is 261 Å². The molecule has 0 fully saturated rings. The topological polar surface area (TPSA) is 127 Å². The van der Waals surface area contributed by atoms with E-state index in [4.69, 9.17) is 9.11 Å². The van der Waals surface area contributed by atoms with E-state index in [2.05, 4.69) is 29.1 Å². The van der Waals surface area contributed by atoms with E-state index in [1.165, 1.54) is 122 Å². The summed E-state index contributed by atoms with van der Waals surface area (Å²) in [4.78, 5) is 0. The van der Waals surface area contributed by atoms with E-state index in [0.29, 0.717) is 12.8 Å². The Balaban J connectivity index is 0. The predicted molar refractivity (Wildman–Crippen MR) is 176 cm³/mol. The lowest BCUT2D eigenvalue weighted by atomic mass is 9.99. The van der Waals surface area contributed by atoms with E-state index in [1.807, 2.05) is 0 Å². The van der Waals surface area contributed by atoms with Gasteiger partial charge in [-0.2, -0.15) is 16.8 Å². The SMILES string of the molecule is CCC(C)CCCCCCCCCCCCOS(=O)(=O)O.CCCCCCCCCCCCCCC(C)OS(=O)(=O)O. The first kappa shape index (κ1) is 43.9. The van der Waals surface area contributed by atoms with Gasteiger partial charge in [-0.1, -0.05) is 168 Å². The minimum absolute atomic E-state index is 0.0923. The molecule has 0 aliphatic heterocycles. The molecule has 2 atom stereocenters. The average molecular weight is 645 g/mol. The Morgan fingerprint density at radius 3 is 1.21 bits per heavy atom. The predicted octanol–water partition coefficient (Wildman–Crippen LogP) is 10.4. The van der Waals surface area contributed by atoms with Crippen molar-refractivity contribution < 1.29 is 34.3 Å². The second kappa shape index (κ2) is 30.8. The molecule has 0 amide bonds. The molecule has 0 rings (SSSR count). The van der Waals surface area contributed by atoms with Crippen LogP contribution in [0.3, 0.4) is 0 Å². The molecule has 10 heteroatoms. The zero-order chi connectivity index (χ0) is 32.0. The van der Waals surface area contributed by atoms with Gasteiger partial charge in [0.05, 0.1) is 12.7 Å². The maximum atomic E-state index is 10.5. The van der Waals surface area contributed by atoms with Crippen LogP contribution in [0.2, 0.25) is 0 Å². The largest absolute Gasteiger partial charge is 0.397 e. The maximum absolute atomic E-state index is 10.5. The first-order valence-corrected chi connectivity index (χ1v) is 19.9. The van der Waals surface area contributed by atoms with Crippen LogP contribution in [-0.4, -0.2) is 38.7 Å². The van der Waals surface area contributed by atoms with Crippen molar-refractivity contribution in [1.29, 1.82) is 0 Å². The zero-order valence-corrected chi connectivity index (χ0v) is 29.3. The molecule has 0 aromatic rings. The van der Waals surface area contributed by atoms with Gasteiger partial charge in [0.15, 0.2) is 0 Å². The van der Waals surface area contributed by atoms with Crippen LogP contribution >= 0.6 is 0 Å². The number of hydrogen-bond donors (Lipinski definition) is 2. The lowest BCUT2D eigenvalue weighted by Gasteiger charge is -2.09. The van der Waals surface area contributed by atoms with Gasteiger partial charge in [-0.25, -0.2) is 8.37 Å². The van der Waals surface area contributed by atoms with Gasteiger partial charge in [0.2, 0.25) is 0 Å². The summed E-state index contributed by atoms with van der Waals surface area (Å²) in [5, 5.41) is 0. The minimum atomic E-state index is -4.29. The third kappa shape index (κ3) is 41.9. The molecule has 0 spiro atoms. The summed E-state index contributed by atoms with van der Waals surface area (Å²) in [6.07, 6.45) is 30.3. The smallest absolute Gasteiger partial charge is 0.264 e. The van der Waals surface area contributed by atoms with Gasteiger partial charge in [0, 0.05) is 0 Å². The fourth-order valence-electron chi connectivity index (χ4n) is 4.91. The third-order valence-electron chi connectivity index (χ3n) is 7.77. The van der Waals surface area contributed by atoms with E-state index >= 15 is 0 Å². The summed E-state index contributed by atoms with van der Waals surface area (Å²) in [7, 11) is -8.53. The molecule has 0 aliphatic carbocycles. The van der Waals surface area contributed by atoms with Crippen LogP contribution in [-0.2, 0) is 29.2 Å². The molecule has 2 N–H and O–H groups in total. The Morgan fingerprint density at radius 2 is 0.857 bits per heavy atom. The van der Waals surface area contributed by atoms with E-state index in [9.17, 15) is 16.8 Å². The number of unbranched alkanes of at least 4 members (excludes halogenated alkanes) is 20. The van der Waals surface area contributed by atoms with Gasteiger partial charge in [-0.15, -0.1) is 0 Å². The van der Waals surface area contributed by atoms with Gasteiger partial charge < -0.3 is 0 Å². The summed E-state index contributed by atoms with van der Waals surface area (Å²) < 4.78 is 67.2. The molecule has 0 aromatic heterocycles. The van der Waals surface area contributed by atoms with Crippen molar-refractivity contribution in [3.8, 4) is 0 Å². The summed E-state index contributed by atoms with van der Waals surface area (Å²) in [5.41, 5.74) is 0. The summed E-state index contributed by atoms with van der Waals surface area (Å²) >= 11 is 0. The maximum Gasteiger partial charge on any atom is 0.397 e. The van der Waals surface area contributed by atoms with E-state index < -0.39 is 26.9 Å². The molecule has 0 saturated heterocycles. The zero-order valence-electron chi connectivity index (χ0n) is 27.7. The molecule has 0 saturated carbocycles. The molecule has 2 unspecified atom stereocenters. The van der Waals surface area contributed by atoms with Crippen molar-refractivity contribution in [2.45, 2.75) is 194 Å². The van der Waals surface area contributed by atoms with E-state index in [0.717, 1.165) is 31.6 Å². The number of rotatable bonds is 30. The van der Waals surface area contributed by atoms with Gasteiger partial charge in [-0.05, 0) is 25.7 Å². The van der Waals surface area contributed by atoms with Crippen molar-refractivity contribution >= 4 is 20.8 Å². The average Bonchev–Trinajstić information content (AvgIpc) is 2.90. The molecule has 0 bridgehead atoms. The molecule has 0 aromatic carbocycles. The van der Waals surface area contributed by atoms with Crippen molar-refractivity contribution in [2.24, 2.45) is 5.92 Å². The highest BCUT2D eigenvalue weighted by Crippen LogP contribution is 2.16. The highest BCUT2D eigenvalue weighted by atomic mass is 32.3. The quantitative estimate of drug-likeness (QED) is 0.0584. The van der Waals surface area contributed by atoms with Crippen LogP contribution in [0.4, 0.5) is 0 Å². The first-order valence-electron chi connectivity index (χ1n) is 17.2. The summed E-state index contributed by atoms with van der Waals surface area (Å²) in [5.74, 6) is 0.884. The monoisotopic (exact) mass is 644 g/mol. The molecule has 42 heavy (non-hydrogen) atoms. The van der Waals surface area contributed by atoms with Crippen LogP contribution in [0.1, 0.15) is 188 Å². The standard InChI is InChI=1S/2C16H34O4S/c1-3-16(2)14-12-10-8-6-4-5-7-9-11-13-15-20-21(17,18)19;1-3-4-5-6-7-8-9-10-11-12-13-14-15-16(2)20-21(17,18)19/h2*16H,3-15H2,1-2H3,(H,17,18,19). The fourth-order valence-corrected chi connectivity index (χ4v) is 5.75. The number of hydrogen-bond acceptors (Lipinski definition) is 6. The molecule has 0 radical (unpaired) electrons. The van der Waals surface area contributed by atoms with Gasteiger partial charge in [-0.3, -0.25) is 9.11 Å². The second-order valence-electron chi connectivity index (χ2n) is 12.1.